The van der Waals surface area contributed by atoms with Crippen LogP contribution in [0.4, 0.5) is 5.69 Å². The van der Waals surface area contributed by atoms with Gasteiger partial charge in [-0.15, -0.1) is 0 Å². The van der Waals surface area contributed by atoms with Crippen molar-refractivity contribution in [3.05, 3.63) is 22.0 Å². The van der Waals surface area contributed by atoms with Gasteiger partial charge in [0.2, 0.25) is 5.91 Å². The summed E-state index contributed by atoms with van der Waals surface area (Å²) in [5.41, 5.74) is 5.94. The van der Waals surface area contributed by atoms with E-state index >= 15 is 0 Å². The molecule has 0 aromatic carbocycles. The molecule has 0 spiro atoms. The predicted molar refractivity (Wildman–Crippen MR) is 61.6 cm³/mol. The van der Waals surface area contributed by atoms with E-state index < -0.39 is 4.92 Å². The quantitative estimate of drug-likeness (QED) is 0.632. The minimum atomic E-state index is -0.416. The Morgan fingerprint density at radius 1 is 1.56 bits per heavy atom. The average molecular weight is 250 g/mol. The van der Waals surface area contributed by atoms with E-state index in [2.05, 4.69) is 5.10 Å². The maximum Gasteiger partial charge on any atom is 0.309 e. The monoisotopic (exact) mass is 250 g/mol. The second-order valence-electron chi connectivity index (χ2n) is 5.20. The zero-order valence-electron chi connectivity index (χ0n) is 9.94. The van der Waals surface area contributed by atoms with Crippen LogP contribution in [0.3, 0.4) is 0 Å². The first kappa shape index (κ1) is 11.2. The number of amides is 1. The van der Waals surface area contributed by atoms with Crippen molar-refractivity contribution in [2.45, 2.75) is 25.8 Å². The fourth-order valence-corrected chi connectivity index (χ4v) is 3.40. The lowest BCUT2D eigenvalue weighted by molar-refractivity contribution is -0.385. The molecule has 1 amide bonds. The first-order valence-corrected chi connectivity index (χ1v) is 5.98. The number of nitrogens with two attached hydrogens (primary N) is 1. The van der Waals surface area contributed by atoms with Gasteiger partial charge in [0, 0.05) is 5.92 Å². The highest BCUT2D eigenvalue weighted by molar-refractivity contribution is 5.80. The van der Waals surface area contributed by atoms with Gasteiger partial charge in [0.15, 0.2) is 0 Å². The zero-order chi connectivity index (χ0) is 13.0. The SMILES string of the molecule is Cc1c([N+](=O)[O-])cnn1C1CC2C(C1)C2C(N)=O. The largest absolute Gasteiger partial charge is 0.369 e. The van der Waals surface area contributed by atoms with Crippen LogP contribution in [0.1, 0.15) is 24.6 Å². The number of rotatable bonds is 3. The summed E-state index contributed by atoms with van der Waals surface area (Å²) in [6, 6.07) is 0.171. The molecule has 0 radical (unpaired) electrons. The van der Waals surface area contributed by atoms with Crippen molar-refractivity contribution in [1.82, 2.24) is 9.78 Å². The maximum atomic E-state index is 11.1. The molecule has 2 N–H and O–H groups in total. The van der Waals surface area contributed by atoms with Gasteiger partial charge < -0.3 is 5.73 Å². The van der Waals surface area contributed by atoms with Crippen LogP contribution in [-0.2, 0) is 4.79 Å². The van der Waals surface area contributed by atoms with Gasteiger partial charge in [-0.05, 0) is 31.6 Å². The molecule has 1 heterocycles. The molecule has 2 unspecified atom stereocenters. The third-order valence-electron chi connectivity index (χ3n) is 4.31. The number of nitro groups is 1. The van der Waals surface area contributed by atoms with Crippen LogP contribution >= 0.6 is 0 Å². The summed E-state index contributed by atoms with van der Waals surface area (Å²) in [4.78, 5) is 21.4. The van der Waals surface area contributed by atoms with Gasteiger partial charge in [-0.3, -0.25) is 19.6 Å². The van der Waals surface area contributed by atoms with Crippen molar-refractivity contribution in [2.24, 2.45) is 23.5 Å². The molecule has 0 aliphatic heterocycles. The average Bonchev–Trinajstić information content (AvgIpc) is 2.67. The Kier molecular flexibility index (Phi) is 2.20. The third-order valence-corrected chi connectivity index (χ3v) is 4.31. The van der Waals surface area contributed by atoms with Crippen LogP contribution in [0.2, 0.25) is 0 Å². The molecule has 7 heteroatoms. The first-order valence-electron chi connectivity index (χ1n) is 5.98. The van der Waals surface area contributed by atoms with E-state index in [1.165, 1.54) is 6.20 Å². The normalized spacial score (nSPS) is 33.2. The number of aromatic nitrogens is 2. The number of carbonyl (C=O) groups excluding carboxylic acids is 1. The molecule has 0 bridgehead atoms. The first-order chi connectivity index (χ1) is 8.50. The second-order valence-corrected chi connectivity index (χ2v) is 5.20. The zero-order valence-corrected chi connectivity index (χ0v) is 9.94. The van der Waals surface area contributed by atoms with Crippen molar-refractivity contribution in [3.63, 3.8) is 0 Å². The van der Waals surface area contributed by atoms with E-state index in [1.54, 1.807) is 11.6 Å². The summed E-state index contributed by atoms with van der Waals surface area (Å²) in [5, 5.41) is 14.9. The molecule has 96 valence electrons. The van der Waals surface area contributed by atoms with Gasteiger partial charge in [-0.25, -0.2) is 0 Å². The molecule has 1 aromatic rings. The minimum Gasteiger partial charge on any atom is -0.369 e. The molecule has 18 heavy (non-hydrogen) atoms. The van der Waals surface area contributed by atoms with Crippen molar-refractivity contribution < 1.29 is 9.72 Å². The lowest BCUT2D eigenvalue weighted by atomic mass is 10.1. The van der Waals surface area contributed by atoms with E-state index in [4.69, 9.17) is 5.73 Å². The highest BCUT2D eigenvalue weighted by atomic mass is 16.6. The van der Waals surface area contributed by atoms with Crippen LogP contribution in [0.15, 0.2) is 6.20 Å². The summed E-state index contributed by atoms with van der Waals surface area (Å²) in [7, 11) is 0. The number of primary amides is 1. The Bertz CT molecular complexity index is 526. The van der Waals surface area contributed by atoms with E-state index in [-0.39, 0.29) is 23.6 Å². The summed E-state index contributed by atoms with van der Waals surface area (Å²) < 4.78 is 1.72. The Hall–Kier alpha value is -1.92. The van der Waals surface area contributed by atoms with E-state index in [9.17, 15) is 14.9 Å². The lowest BCUT2D eigenvalue weighted by Crippen LogP contribution is -2.19. The Morgan fingerprint density at radius 2 is 2.17 bits per heavy atom. The molecule has 2 atom stereocenters. The molecule has 0 saturated heterocycles. The Morgan fingerprint density at radius 3 is 2.61 bits per heavy atom. The summed E-state index contributed by atoms with van der Waals surface area (Å²) in [6.07, 6.45) is 2.99. The fraction of sp³-hybridized carbons (Fsp3) is 0.636. The molecule has 2 aliphatic rings. The number of nitrogens with zero attached hydrogens (tertiary/aromatic N) is 3. The van der Waals surface area contributed by atoms with E-state index in [0.29, 0.717) is 17.5 Å². The minimum absolute atomic E-state index is 0.0205. The topological polar surface area (TPSA) is 104 Å². The molecular weight excluding hydrogens is 236 g/mol. The molecule has 2 aliphatic carbocycles. The molecule has 2 fully saturated rings. The van der Waals surface area contributed by atoms with E-state index in [0.717, 1.165) is 12.8 Å². The number of fused-ring (bicyclic) bond motifs is 1. The lowest BCUT2D eigenvalue weighted by Gasteiger charge is -2.15. The second kappa shape index (κ2) is 3.54. The van der Waals surface area contributed by atoms with Crippen LogP contribution in [0.25, 0.3) is 0 Å². The van der Waals surface area contributed by atoms with Crippen molar-refractivity contribution in [3.8, 4) is 0 Å². The van der Waals surface area contributed by atoms with Crippen LogP contribution in [-0.4, -0.2) is 20.6 Å². The summed E-state index contributed by atoms with van der Waals surface area (Å²) in [6.45, 7) is 1.71. The van der Waals surface area contributed by atoms with Gasteiger partial charge >= 0.3 is 5.69 Å². The number of hydrogen-bond acceptors (Lipinski definition) is 4. The molecule has 1 aromatic heterocycles. The Balaban J connectivity index is 1.76. The van der Waals surface area contributed by atoms with E-state index in [1.807, 2.05) is 0 Å². The van der Waals surface area contributed by atoms with Crippen LogP contribution in [0.5, 0.6) is 0 Å². The number of carbonyl (C=O) groups is 1. The standard InChI is InChI=1S/C11H14N4O3/c1-5-9(15(17)18)4-13-14(5)6-2-7-8(3-6)10(7)11(12)16/h4,6-8,10H,2-3H2,1H3,(H2,12,16). The molecule has 7 nitrogen and oxygen atoms in total. The highest BCUT2D eigenvalue weighted by Gasteiger charge is 2.59. The summed E-state index contributed by atoms with van der Waals surface area (Å²) in [5.74, 6) is 0.518. The smallest absolute Gasteiger partial charge is 0.309 e. The van der Waals surface area contributed by atoms with Crippen LogP contribution < -0.4 is 5.73 Å². The number of hydrogen-bond donors (Lipinski definition) is 1. The summed E-state index contributed by atoms with van der Waals surface area (Å²) >= 11 is 0. The molecule has 3 rings (SSSR count). The van der Waals surface area contributed by atoms with Gasteiger partial charge in [0.25, 0.3) is 0 Å². The molecule has 2 saturated carbocycles. The van der Waals surface area contributed by atoms with Gasteiger partial charge in [-0.1, -0.05) is 0 Å². The molecular formula is C11H14N4O3. The van der Waals surface area contributed by atoms with Gasteiger partial charge in [0.1, 0.15) is 11.9 Å². The fourth-order valence-electron chi connectivity index (χ4n) is 3.40. The highest BCUT2D eigenvalue weighted by Crippen LogP contribution is 2.60. The van der Waals surface area contributed by atoms with Gasteiger partial charge in [-0.2, -0.15) is 5.10 Å². The predicted octanol–water partition coefficient (Wildman–Crippen LogP) is 0.782. The van der Waals surface area contributed by atoms with Gasteiger partial charge in [0.05, 0.1) is 11.0 Å². The Labute approximate surface area is 103 Å². The van der Waals surface area contributed by atoms with Crippen molar-refractivity contribution >= 4 is 11.6 Å². The van der Waals surface area contributed by atoms with Crippen molar-refractivity contribution in [1.29, 1.82) is 0 Å². The van der Waals surface area contributed by atoms with Crippen molar-refractivity contribution in [2.75, 3.05) is 0 Å². The third kappa shape index (κ3) is 1.43. The van der Waals surface area contributed by atoms with Crippen LogP contribution in [0, 0.1) is 34.8 Å². The maximum absolute atomic E-state index is 11.1.